The molecule has 4 heteroatoms. The van der Waals surface area contributed by atoms with E-state index in [0.717, 1.165) is 30.7 Å². The summed E-state index contributed by atoms with van der Waals surface area (Å²) in [6.07, 6.45) is -0.184. The van der Waals surface area contributed by atoms with Crippen molar-refractivity contribution in [2.75, 3.05) is 45.9 Å². The van der Waals surface area contributed by atoms with Gasteiger partial charge in [0.2, 0.25) is 0 Å². The second kappa shape index (κ2) is 8.34. The van der Waals surface area contributed by atoms with E-state index in [9.17, 15) is 4.79 Å². The highest BCUT2D eigenvalue weighted by Gasteiger charge is 2.21. The Balaban J connectivity index is 4.08. The van der Waals surface area contributed by atoms with Gasteiger partial charge in [-0.3, -0.25) is 0 Å². The number of hydrogen-bond donors (Lipinski definition) is 0. The Hall–Kier alpha value is -0.770. The molecule has 0 aliphatic rings. The second-order valence-corrected chi connectivity index (χ2v) is 4.30. The van der Waals surface area contributed by atoms with Crippen molar-refractivity contribution in [3.63, 3.8) is 0 Å². The monoisotopic (exact) mass is 245 g/mol. The summed E-state index contributed by atoms with van der Waals surface area (Å²) < 4.78 is 6.34. The molecule has 0 aliphatic carbocycles. The molecule has 0 unspecified atom stereocenters. The molecule has 0 saturated heterocycles. The van der Waals surface area contributed by atoms with Gasteiger partial charge in [0.15, 0.2) is 0 Å². The van der Waals surface area contributed by atoms with E-state index in [1.807, 2.05) is 13.8 Å². The van der Waals surface area contributed by atoms with Crippen LogP contribution in [-0.2, 0) is 4.74 Å². The number of carbonyl (C=O) groups excluding carboxylic acids is 1. The molecule has 0 rings (SSSR count). The SMILES string of the molecule is CCN(CC)C(=O)OCC[N+](CC)(CC)CC. The van der Waals surface area contributed by atoms with Crippen molar-refractivity contribution in [2.45, 2.75) is 34.6 Å². The number of likely N-dealkylation sites (N-methyl/N-ethyl adjacent to an activating group) is 1. The highest BCUT2D eigenvalue weighted by molar-refractivity contribution is 5.67. The lowest BCUT2D eigenvalue weighted by Crippen LogP contribution is -2.50. The van der Waals surface area contributed by atoms with Crippen LogP contribution in [0, 0.1) is 0 Å². The Morgan fingerprint density at radius 3 is 1.82 bits per heavy atom. The lowest BCUT2D eigenvalue weighted by atomic mass is 10.3. The lowest BCUT2D eigenvalue weighted by Gasteiger charge is -2.35. The zero-order valence-corrected chi connectivity index (χ0v) is 12.2. The molecule has 0 fully saturated rings. The van der Waals surface area contributed by atoms with Gasteiger partial charge in [-0.2, -0.15) is 0 Å². The molecule has 0 bridgehead atoms. The van der Waals surface area contributed by atoms with Crippen LogP contribution in [0.4, 0.5) is 4.79 Å². The average Bonchev–Trinajstić information content (AvgIpc) is 2.37. The van der Waals surface area contributed by atoms with E-state index in [-0.39, 0.29) is 6.09 Å². The number of hydrogen-bond acceptors (Lipinski definition) is 2. The molecule has 4 nitrogen and oxygen atoms in total. The van der Waals surface area contributed by atoms with Crippen LogP contribution in [-0.4, -0.2) is 61.4 Å². The summed E-state index contributed by atoms with van der Waals surface area (Å²) in [6.45, 7) is 16.7. The van der Waals surface area contributed by atoms with Gasteiger partial charge in [-0.1, -0.05) is 0 Å². The first-order valence-corrected chi connectivity index (χ1v) is 6.85. The zero-order chi connectivity index (χ0) is 13.3. The molecule has 0 N–H and O–H groups in total. The molecule has 0 aromatic rings. The fraction of sp³-hybridized carbons (Fsp3) is 0.923. The van der Waals surface area contributed by atoms with Crippen molar-refractivity contribution in [2.24, 2.45) is 0 Å². The Kier molecular flexibility index (Phi) is 7.96. The number of carbonyl (C=O) groups is 1. The number of rotatable bonds is 8. The van der Waals surface area contributed by atoms with Crippen molar-refractivity contribution in [3.05, 3.63) is 0 Å². The summed E-state index contributed by atoms with van der Waals surface area (Å²) in [5, 5.41) is 0. The maximum Gasteiger partial charge on any atom is 0.409 e. The van der Waals surface area contributed by atoms with Crippen molar-refractivity contribution in [1.29, 1.82) is 0 Å². The quantitative estimate of drug-likeness (QED) is 0.614. The Morgan fingerprint density at radius 1 is 1.00 bits per heavy atom. The van der Waals surface area contributed by atoms with Crippen molar-refractivity contribution < 1.29 is 14.0 Å². The molecule has 0 heterocycles. The molecule has 102 valence electrons. The molecule has 0 aliphatic heterocycles. The van der Waals surface area contributed by atoms with Crippen LogP contribution in [0.1, 0.15) is 34.6 Å². The van der Waals surface area contributed by atoms with Gasteiger partial charge in [0.25, 0.3) is 0 Å². The van der Waals surface area contributed by atoms with Crippen molar-refractivity contribution in [3.8, 4) is 0 Å². The molecule has 0 spiro atoms. The summed E-state index contributed by atoms with van der Waals surface area (Å²) in [5.41, 5.74) is 0. The minimum Gasteiger partial charge on any atom is -0.443 e. The molecule has 0 radical (unpaired) electrons. The minimum absolute atomic E-state index is 0.184. The van der Waals surface area contributed by atoms with E-state index in [4.69, 9.17) is 4.74 Å². The predicted octanol–water partition coefficient (Wildman–Crippen LogP) is 2.34. The predicted molar refractivity (Wildman–Crippen MR) is 71.0 cm³/mol. The van der Waals surface area contributed by atoms with E-state index >= 15 is 0 Å². The first kappa shape index (κ1) is 16.2. The standard InChI is InChI=1S/C13H29N2O2/c1-6-14(7-2)13(16)17-12-11-15(8-3,9-4)10-5/h6-12H2,1-5H3/q+1. The third-order valence-corrected chi connectivity index (χ3v) is 3.83. The highest BCUT2D eigenvalue weighted by Crippen LogP contribution is 2.05. The average molecular weight is 245 g/mol. The second-order valence-electron chi connectivity index (χ2n) is 4.30. The Morgan fingerprint density at radius 2 is 1.47 bits per heavy atom. The first-order chi connectivity index (χ1) is 8.09. The van der Waals surface area contributed by atoms with Crippen LogP contribution in [0.5, 0.6) is 0 Å². The Bertz CT molecular complexity index is 203. The summed E-state index contributed by atoms with van der Waals surface area (Å²) in [4.78, 5) is 13.4. The smallest absolute Gasteiger partial charge is 0.409 e. The molecular formula is C13H29N2O2+. The molecule has 0 aromatic carbocycles. The third kappa shape index (κ3) is 4.94. The molecular weight excluding hydrogens is 216 g/mol. The van der Waals surface area contributed by atoms with Crippen LogP contribution in [0.15, 0.2) is 0 Å². The first-order valence-electron chi connectivity index (χ1n) is 6.85. The molecule has 0 atom stereocenters. The van der Waals surface area contributed by atoms with Crippen LogP contribution >= 0.6 is 0 Å². The maximum atomic E-state index is 11.7. The summed E-state index contributed by atoms with van der Waals surface area (Å²) in [7, 11) is 0. The van der Waals surface area contributed by atoms with E-state index in [2.05, 4.69) is 20.8 Å². The fourth-order valence-corrected chi connectivity index (χ4v) is 2.04. The number of amides is 1. The third-order valence-electron chi connectivity index (χ3n) is 3.83. The van der Waals surface area contributed by atoms with Crippen LogP contribution in [0.25, 0.3) is 0 Å². The van der Waals surface area contributed by atoms with Gasteiger partial charge in [0, 0.05) is 13.1 Å². The summed E-state index contributed by atoms with van der Waals surface area (Å²) in [5.74, 6) is 0. The van der Waals surface area contributed by atoms with Crippen LogP contribution < -0.4 is 0 Å². The van der Waals surface area contributed by atoms with E-state index in [1.54, 1.807) is 4.90 Å². The van der Waals surface area contributed by atoms with E-state index in [0.29, 0.717) is 19.7 Å². The normalized spacial score (nSPS) is 11.4. The van der Waals surface area contributed by atoms with Gasteiger partial charge < -0.3 is 14.1 Å². The van der Waals surface area contributed by atoms with Gasteiger partial charge in [0.05, 0.1) is 19.6 Å². The van der Waals surface area contributed by atoms with Crippen LogP contribution in [0.3, 0.4) is 0 Å². The minimum atomic E-state index is -0.184. The van der Waals surface area contributed by atoms with Crippen molar-refractivity contribution in [1.82, 2.24) is 4.90 Å². The van der Waals surface area contributed by atoms with Gasteiger partial charge in [-0.25, -0.2) is 4.79 Å². The van der Waals surface area contributed by atoms with E-state index in [1.165, 1.54) is 0 Å². The molecule has 0 aromatic heterocycles. The topological polar surface area (TPSA) is 29.5 Å². The largest absolute Gasteiger partial charge is 0.443 e. The van der Waals surface area contributed by atoms with Gasteiger partial charge in [0.1, 0.15) is 13.2 Å². The van der Waals surface area contributed by atoms with Gasteiger partial charge >= 0.3 is 6.09 Å². The molecule has 1 amide bonds. The van der Waals surface area contributed by atoms with Crippen LogP contribution in [0.2, 0.25) is 0 Å². The lowest BCUT2D eigenvalue weighted by molar-refractivity contribution is -0.923. The zero-order valence-electron chi connectivity index (χ0n) is 12.2. The summed E-state index contributed by atoms with van der Waals surface area (Å²) in [6, 6.07) is 0. The van der Waals surface area contributed by atoms with E-state index < -0.39 is 0 Å². The van der Waals surface area contributed by atoms with Gasteiger partial charge in [-0.15, -0.1) is 0 Å². The fourth-order valence-electron chi connectivity index (χ4n) is 2.04. The molecule has 17 heavy (non-hydrogen) atoms. The maximum absolute atomic E-state index is 11.7. The number of ether oxygens (including phenoxy) is 1. The highest BCUT2D eigenvalue weighted by atomic mass is 16.6. The summed E-state index contributed by atoms with van der Waals surface area (Å²) >= 11 is 0. The molecule has 0 saturated carbocycles. The Labute approximate surface area is 106 Å². The van der Waals surface area contributed by atoms with Gasteiger partial charge in [-0.05, 0) is 34.6 Å². The van der Waals surface area contributed by atoms with Crippen molar-refractivity contribution >= 4 is 6.09 Å². The number of nitrogens with zero attached hydrogens (tertiary/aromatic N) is 2. The number of quaternary nitrogens is 1.